The third-order valence-electron chi connectivity index (χ3n) is 3.39. The maximum atomic E-state index is 4.24. The maximum absolute atomic E-state index is 4.24. The molecule has 0 amide bonds. The van der Waals surface area contributed by atoms with Crippen molar-refractivity contribution < 1.29 is 0 Å². The molecule has 0 bridgehead atoms. The molecule has 0 aliphatic rings. The second-order valence-corrected chi connectivity index (χ2v) is 5.23. The molecular weight excluding hydrogens is 262 g/mol. The minimum absolute atomic E-state index is 0.709. The normalized spacial score (nSPS) is 11.5. The lowest BCUT2D eigenvalue weighted by Gasteiger charge is -2.13. The average Bonchev–Trinajstić information content (AvgIpc) is 2.86. The molecule has 0 spiro atoms. The van der Waals surface area contributed by atoms with E-state index < -0.39 is 0 Å². The van der Waals surface area contributed by atoms with Crippen LogP contribution in [0.5, 0.6) is 0 Å². The Bertz CT molecular complexity index is 627. The first-order valence-electron chi connectivity index (χ1n) is 7.06. The van der Waals surface area contributed by atoms with Crippen molar-refractivity contribution in [1.29, 1.82) is 0 Å². The molecule has 0 radical (unpaired) electrons. The summed E-state index contributed by atoms with van der Waals surface area (Å²) in [6, 6.07) is 6.49. The van der Waals surface area contributed by atoms with Gasteiger partial charge < -0.3 is 10.6 Å². The minimum Gasteiger partial charge on any atom is -0.352 e. The number of benzene rings is 1. The van der Waals surface area contributed by atoms with Crippen LogP contribution in [0.25, 0.3) is 0 Å². The summed E-state index contributed by atoms with van der Waals surface area (Å²) in [5.41, 5.74) is 5.00. The second kappa shape index (κ2) is 6.92. The second-order valence-electron chi connectivity index (χ2n) is 5.23. The Balaban J connectivity index is 1.88. The van der Waals surface area contributed by atoms with Crippen LogP contribution < -0.4 is 10.6 Å². The lowest BCUT2D eigenvalue weighted by molar-refractivity contribution is 0.764. The van der Waals surface area contributed by atoms with Crippen LogP contribution in [-0.2, 0) is 20.1 Å². The summed E-state index contributed by atoms with van der Waals surface area (Å²) in [4.78, 5) is 4.24. The van der Waals surface area contributed by atoms with Crippen LogP contribution in [0.1, 0.15) is 22.3 Å². The largest absolute Gasteiger partial charge is 0.352 e. The molecule has 0 atom stereocenters. The monoisotopic (exact) mass is 285 g/mol. The fourth-order valence-electron chi connectivity index (χ4n) is 2.19. The first-order valence-corrected chi connectivity index (χ1v) is 7.06. The van der Waals surface area contributed by atoms with Crippen molar-refractivity contribution >= 4 is 5.96 Å². The van der Waals surface area contributed by atoms with Gasteiger partial charge in [-0.1, -0.05) is 23.8 Å². The van der Waals surface area contributed by atoms with E-state index in [0.717, 1.165) is 18.1 Å². The Kier molecular flexibility index (Phi) is 4.98. The van der Waals surface area contributed by atoms with Gasteiger partial charge in [0.25, 0.3) is 0 Å². The summed E-state index contributed by atoms with van der Waals surface area (Å²) >= 11 is 0. The third-order valence-corrected chi connectivity index (χ3v) is 3.39. The summed E-state index contributed by atoms with van der Waals surface area (Å²) in [5.74, 6) is 0.791. The van der Waals surface area contributed by atoms with Crippen LogP contribution in [0.4, 0.5) is 0 Å². The number of hydrogen-bond acceptors (Lipinski definition) is 2. The molecule has 2 N–H and O–H groups in total. The summed E-state index contributed by atoms with van der Waals surface area (Å²) in [5, 5.41) is 10.8. The van der Waals surface area contributed by atoms with Crippen LogP contribution in [0, 0.1) is 13.8 Å². The zero-order valence-corrected chi connectivity index (χ0v) is 13.1. The predicted octanol–water partition coefficient (Wildman–Crippen LogP) is 1.90. The minimum atomic E-state index is 0.709. The Morgan fingerprint density at radius 3 is 2.62 bits per heavy atom. The Labute approximate surface area is 126 Å². The molecule has 0 aliphatic heterocycles. The summed E-state index contributed by atoms with van der Waals surface area (Å²) in [6.45, 7) is 5.72. The maximum Gasteiger partial charge on any atom is 0.191 e. The molecule has 0 unspecified atom stereocenters. The van der Waals surface area contributed by atoms with Gasteiger partial charge in [-0.2, -0.15) is 5.10 Å². The average molecular weight is 285 g/mol. The lowest BCUT2D eigenvalue weighted by Crippen LogP contribution is -2.36. The number of hydrogen-bond donors (Lipinski definition) is 2. The van der Waals surface area contributed by atoms with Gasteiger partial charge in [0.05, 0.1) is 6.20 Å². The number of nitrogens with one attached hydrogen (secondary N) is 2. The molecule has 1 heterocycles. The van der Waals surface area contributed by atoms with Gasteiger partial charge in [-0.15, -0.1) is 0 Å². The summed E-state index contributed by atoms with van der Waals surface area (Å²) in [7, 11) is 3.69. The van der Waals surface area contributed by atoms with Crippen molar-refractivity contribution in [3.05, 3.63) is 52.8 Å². The molecule has 0 saturated heterocycles. The zero-order valence-electron chi connectivity index (χ0n) is 13.1. The van der Waals surface area contributed by atoms with E-state index in [1.165, 1.54) is 16.7 Å². The zero-order chi connectivity index (χ0) is 15.2. The Morgan fingerprint density at radius 2 is 2.00 bits per heavy atom. The number of aryl methyl sites for hydroxylation is 3. The van der Waals surface area contributed by atoms with Crippen LogP contribution in [-0.4, -0.2) is 22.8 Å². The molecule has 1 aromatic carbocycles. The van der Waals surface area contributed by atoms with E-state index in [0.29, 0.717) is 6.54 Å². The highest BCUT2D eigenvalue weighted by atomic mass is 15.2. The smallest absolute Gasteiger partial charge is 0.191 e. The first kappa shape index (κ1) is 15.1. The van der Waals surface area contributed by atoms with Gasteiger partial charge in [-0.05, 0) is 25.0 Å². The highest BCUT2D eigenvalue weighted by Crippen LogP contribution is 2.09. The fourth-order valence-corrected chi connectivity index (χ4v) is 2.19. The molecular formula is C16H23N5. The van der Waals surface area contributed by atoms with E-state index in [2.05, 4.69) is 52.8 Å². The fraction of sp³-hybridized carbons (Fsp3) is 0.375. The van der Waals surface area contributed by atoms with Crippen molar-refractivity contribution in [2.45, 2.75) is 26.9 Å². The summed E-state index contributed by atoms with van der Waals surface area (Å²) in [6.07, 6.45) is 3.84. The lowest BCUT2D eigenvalue weighted by atomic mass is 10.1. The van der Waals surface area contributed by atoms with Gasteiger partial charge >= 0.3 is 0 Å². The molecule has 5 heteroatoms. The SMILES string of the molecule is CN=C(NCc1cnn(C)c1)NCc1ccc(C)cc1C. The molecule has 5 nitrogen and oxygen atoms in total. The quantitative estimate of drug-likeness (QED) is 0.666. The number of guanidine groups is 1. The van der Waals surface area contributed by atoms with Gasteiger partial charge in [0.2, 0.25) is 0 Å². The molecule has 21 heavy (non-hydrogen) atoms. The van der Waals surface area contributed by atoms with E-state index in [-0.39, 0.29) is 0 Å². The summed E-state index contributed by atoms with van der Waals surface area (Å²) < 4.78 is 1.79. The molecule has 112 valence electrons. The molecule has 1 aromatic heterocycles. The van der Waals surface area contributed by atoms with Gasteiger partial charge in [-0.25, -0.2) is 0 Å². The van der Waals surface area contributed by atoms with Crippen molar-refractivity contribution in [2.24, 2.45) is 12.0 Å². The third kappa shape index (κ3) is 4.34. The van der Waals surface area contributed by atoms with Crippen molar-refractivity contribution in [2.75, 3.05) is 7.05 Å². The highest BCUT2D eigenvalue weighted by molar-refractivity contribution is 5.79. The van der Waals surface area contributed by atoms with Gasteiger partial charge in [0.1, 0.15) is 0 Å². The van der Waals surface area contributed by atoms with Crippen molar-refractivity contribution in [1.82, 2.24) is 20.4 Å². The van der Waals surface area contributed by atoms with Gasteiger partial charge in [-0.3, -0.25) is 9.67 Å². The molecule has 0 aliphatic carbocycles. The number of aromatic nitrogens is 2. The Morgan fingerprint density at radius 1 is 1.24 bits per heavy atom. The standard InChI is InChI=1S/C16H23N5/c1-12-5-6-15(13(2)7-12)10-19-16(17-3)18-8-14-9-20-21(4)11-14/h5-7,9,11H,8,10H2,1-4H3,(H2,17,18,19). The number of aliphatic imine (C=N–C) groups is 1. The van der Waals surface area contributed by atoms with Gasteiger partial charge in [0, 0.05) is 38.9 Å². The van der Waals surface area contributed by atoms with Crippen LogP contribution in [0.2, 0.25) is 0 Å². The van der Waals surface area contributed by atoms with Crippen molar-refractivity contribution in [3.8, 4) is 0 Å². The van der Waals surface area contributed by atoms with Crippen molar-refractivity contribution in [3.63, 3.8) is 0 Å². The van der Waals surface area contributed by atoms with E-state index in [9.17, 15) is 0 Å². The van der Waals surface area contributed by atoms with E-state index in [1.807, 2.05) is 19.4 Å². The van der Waals surface area contributed by atoms with Crippen LogP contribution >= 0.6 is 0 Å². The molecule has 2 rings (SSSR count). The van der Waals surface area contributed by atoms with E-state index >= 15 is 0 Å². The highest BCUT2D eigenvalue weighted by Gasteiger charge is 2.02. The first-order chi connectivity index (χ1) is 10.1. The molecule has 0 fully saturated rings. The van der Waals surface area contributed by atoms with Crippen LogP contribution in [0.3, 0.4) is 0 Å². The Hall–Kier alpha value is -2.30. The predicted molar refractivity (Wildman–Crippen MR) is 86.2 cm³/mol. The number of nitrogens with zero attached hydrogens (tertiary/aromatic N) is 3. The topological polar surface area (TPSA) is 54.2 Å². The van der Waals surface area contributed by atoms with E-state index in [4.69, 9.17) is 0 Å². The molecule has 0 saturated carbocycles. The van der Waals surface area contributed by atoms with Gasteiger partial charge in [0.15, 0.2) is 5.96 Å². The molecule has 2 aromatic rings. The van der Waals surface area contributed by atoms with Crippen LogP contribution in [0.15, 0.2) is 35.6 Å². The number of rotatable bonds is 4. The van der Waals surface area contributed by atoms with E-state index in [1.54, 1.807) is 11.7 Å².